The molecule has 0 N–H and O–H groups in total. The second-order valence-electron chi connectivity index (χ2n) is 34.4. The lowest BCUT2D eigenvalue weighted by Crippen LogP contribution is -2.06. The lowest BCUT2D eigenvalue weighted by molar-refractivity contribution is 0.953. The summed E-state index contributed by atoms with van der Waals surface area (Å²) in [6.07, 6.45) is 11.6. The van der Waals surface area contributed by atoms with Gasteiger partial charge in [0.1, 0.15) is 0 Å². The van der Waals surface area contributed by atoms with Crippen molar-refractivity contribution in [2.45, 2.75) is 0 Å². The van der Waals surface area contributed by atoms with Crippen LogP contribution in [0.5, 0.6) is 0 Å². The Morgan fingerprint density at radius 3 is 0.779 bits per heavy atom. The average molecular weight is 1740 g/mol. The van der Waals surface area contributed by atoms with E-state index in [1.54, 1.807) is 0 Å². The lowest BCUT2D eigenvalue weighted by Gasteiger charge is -2.11. The van der Waals surface area contributed by atoms with Crippen molar-refractivity contribution in [3.63, 3.8) is 0 Å². The Hall–Kier alpha value is -18.5. The van der Waals surface area contributed by atoms with E-state index in [0.29, 0.717) is 17.6 Å². The van der Waals surface area contributed by atoms with E-state index < -0.39 is 0 Å². The average Bonchev–Trinajstić information content (AvgIpc) is 1.57. The van der Waals surface area contributed by atoms with Crippen LogP contribution in [0.25, 0.3) is 243 Å². The van der Waals surface area contributed by atoms with Gasteiger partial charge in [-0.15, -0.1) is 0 Å². The molecule has 12 nitrogen and oxygen atoms in total. The van der Waals surface area contributed by atoms with Crippen LogP contribution in [0.15, 0.2) is 486 Å². The van der Waals surface area contributed by atoms with E-state index in [9.17, 15) is 0 Å². The Morgan fingerprint density at radius 1 is 0.154 bits per heavy atom. The Labute approximate surface area is 781 Å². The summed E-state index contributed by atoms with van der Waals surface area (Å²) in [5.41, 5.74) is 30.9. The van der Waals surface area contributed by atoms with E-state index in [1.165, 1.54) is 131 Å². The van der Waals surface area contributed by atoms with Crippen molar-refractivity contribution in [3.8, 4) is 102 Å². The number of benzene rings is 18. The summed E-state index contributed by atoms with van der Waals surface area (Å²) >= 11 is 0. The van der Waals surface area contributed by atoms with Gasteiger partial charge in [-0.3, -0.25) is 19.5 Å². The molecule has 636 valence electrons. The summed E-state index contributed by atoms with van der Waals surface area (Å²) < 4.78 is 14.0. The molecular weight excluding hydrogens is 1660 g/mol. The van der Waals surface area contributed by atoms with Crippen molar-refractivity contribution in [2.24, 2.45) is 0 Å². The Kier molecular flexibility index (Phi) is 19.0. The standard InChI is InChI=1S/C44H28N6.C41H27N3.C39H25N3/c1-4-14-29(15-5-1)42-46-43(30-16-6-2-7-17-30)48-44(47-42)50-36-23-11-10-20-34(36)40-32(22-13-25-38(40)50)33-21-12-24-37-41(33)35-26-27-45-28-39(35)49(37)31-18-8-3-9-19-31;1-3-11-28(12-4-1)29-21-23-31(24-22-29)43-36-18-8-7-15-34(36)40-32(16-9-19-37(40)43)33-17-10-20-38-41(33)35-25-26-42-27-39(35)44(38)30-13-5-2-6-14-30;1-2-12-28(13-3-1)41-35-18-8-16-31(39(35)33-22-23-40-25-37(33)41)30-15-9-19-36-38(30)32-14-6-7-17-34(32)42(36)29-21-20-26-10-4-5-11-27(26)24-29/h1-28H;1-27H;1-25H. The van der Waals surface area contributed by atoms with Gasteiger partial charge in [-0.2, -0.15) is 9.97 Å². The first-order valence-corrected chi connectivity index (χ1v) is 45.9. The summed E-state index contributed by atoms with van der Waals surface area (Å²) in [4.78, 5) is 28.8. The highest BCUT2D eigenvalue weighted by Gasteiger charge is 2.28. The van der Waals surface area contributed by atoms with Crippen molar-refractivity contribution in [1.82, 2.24) is 57.3 Å². The minimum atomic E-state index is 0.575. The molecule has 0 saturated carbocycles. The predicted molar refractivity (Wildman–Crippen MR) is 562 cm³/mol. The third kappa shape index (κ3) is 13.0. The summed E-state index contributed by atoms with van der Waals surface area (Å²) in [6, 6.07) is 159. The van der Waals surface area contributed by atoms with Crippen LogP contribution in [0.2, 0.25) is 0 Å². The van der Waals surface area contributed by atoms with Gasteiger partial charge in [-0.1, -0.05) is 315 Å². The van der Waals surface area contributed by atoms with Crippen molar-refractivity contribution in [2.75, 3.05) is 0 Å². The Balaban J connectivity index is 0.000000106. The molecule has 0 aliphatic heterocycles. The highest BCUT2D eigenvalue weighted by atomic mass is 15.2. The Morgan fingerprint density at radius 2 is 0.412 bits per heavy atom. The maximum absolute atomic E-state index is 5.13. The number of pyridine rings is 3. The molecule has 10 heterocycles. The summed E-state index contributed by atoms with van der Waals surface area (Å²) in [5, 5.41) is 17.0. The van der Waals surface area contributed by atoms with Gasteiger partial charge in [0.15, 0.2) is 11.6 Å². The van der Waals surface area contributed by atoms with E-state index in [0.717, 1.165) is 94.3 Å². The van der Waals surface area contributed by atoms with Gasteiger partial charge in [0.05, 0.1) is 84.8 Å². The maximum Gasteiger partial charge on any atom is 0.238 e. The van der Waals surface area contributed by atoms with Gasteiger partial charge < -0.3 is 22.8 Å². The summed E-state index contributed by atoms with van der Waals surface area (Å²) in [6.45, 7) is 0. The third-order valence-electron chi connectivity index (χ3n) is 26.9. The van der Waals surface area contributed by atoms with E-state index >= 15 is 0 Å². The molecule has 18 aromatic carbocycles. The summed E-state index contributed by atoms with van der Waals surface area (Å²) in [7, 11) is 0. The molecule has 0 aliphatic carbocycles. The first kappa shape index (κ1) is 78.5. The number of para-hydroxylation sites is 6. The van der Waals surface area contributed by atoms with Gasteiger partial charge in [-0.05, 0) is 189 Å². The van der Waals surface area contributed by atoms with Gasteiger partial charge >= 0.3 is 0 Å². The summed E-state index contributed by atoms with van der Waals surface area (Å²) in [5.74, 6) is 1.83. The van der Waals surface area contributed by atoms with Crippen molar-refractivity contribution in [1.29, 1.82) is 0 Å². The molecule has 136 heavy (non-hydrogen) atoms. The molecule has 0 atom stereocenters. The van der Waals surface area contributed by atoms with Crippen LogP contribution in [0.4, 0.5) is 0 Å². The van der Waals surface area contributed by atoms with Gasteiger partial charge in [0.2, 0.25) is 5.95 Å². The molecule has 28 rings (SSSR count). The third-order valence-corrected chi connectivity index (χ3v) is 26.9. The van der Waals surface area contributed by atoms with Crippen molar-refractivity contribution >= 4 is 142 Å². The van der Waals surface area contributed by atoms with Crippen LogP contribution in [0, 0.1) is 0 Å². The maximum atomic E-state index is 5.13. The number of nitrogens with zero attached hydrogens (tertiary/aromatic N) is 12. The quantitative estimate of drug-likeness (QED) is 0.121. The molecular formula is C124H80N12. The van der Waals surface area contributed by atoms with Crippen molar-refractivity contribution in [3.05, 3.63) is 486 Å². The molecule has 0 aliphatic rings. The second kappa shape index (κ2) is 32.8. The molecule has 12 heteroatoms. The second-order valence-corrected chi connectivity index (χ2v) is 34.4. The van der Waals surface area contributed by atoms with Crippen LogP contribution in [0.1, 0.15) is 0 Å². The normalized spacial score (nSPS) is 11.7. The molecule has 0 fully saturated rings. The highest BCUT2D eigenvalue weighted by molar-refractivity contribution is 6.26. The fourth-order valence-electron chi connectivity index (χ4n) is 21.1. The fourth-order valence-corrected chi connectivity index (χ4v) is 21.1. The SMILES string of the molecule is c1ccc(-c2ccc(-n3c4ccccc4c4c(-c5cccc6c5c5ccncc5n6-c5ccccc5)cccc43)cc2)cc1.c1ccc(-c2nc(-c3ccccc3)nc(-n3c4ccccc4c4c(-c5cccc6c5c5ccncc5n6-c5ccccc5)cccc43)n2)cc1.c1ccc(-n2c3cnccc3c3c(-c4cccc5c4c4ccccc4n5-c4ccc5ccccc5c4)cccc32)cc1. The van der Waals surface area contributed by atoms with E-state index in [2.05, 4.69) is 431 Å². The van der Waals surface area contributed by atoms with Crippen molar-refractivity contribution < 1.29 is 0 Å². The van der Waals surface area contributed by atoms with E-state index in [4.69, 9.17) is 15.0 Å². The molecule has 10 aromatic heterocycles. The molecule has 0 amide bonds. The zero-order valence-electron chi connectivity index (χ0n) is 73.6. The molecule has 0 spiro atoms. The minimum Gasteiger partial charge on any atom is -0.309 e. The number of rotatable bonds is 12. The van der Waals surface area contributed by atoms with E-state index in [1.807, 2.05) is 97.8 Å². The first-order valence-electron chi connectivity index (χ1n) is 45.9. The number of aromatic nitrogens is 12. The topological polar surface area (TPSA) is 107 Å². The molecule has 28 aromatic rings. The van der Waals surface area contributed by atoms with Crippen LogP contribution < -0.4 is 0 Å². The monoisotopic (exact) mass is 1740 g/mol. The number of hydrogen-bond acceptors (Lipinski definition) is 6. The number of fused-ring (bicyclic) bond motifs is 19. The van der Waals surface area contributed by atoms with Crippen LogP contribution in [-0.2, 0) is 0 Å². The minimum absolute atomic E-state index is 0.575. The Bertz CT molecular complexity index is 9470. The number of hydrogen-bond donors (Lipinski definition) is 0. The molecule has 0 radical (unpaired) electrons. The zero-order valence-corrected chi connectivity index (χ0v) is 73.6. The van der Waals surface area contributed by atoms with Gasteiger partial charge in [0.25, 0.3) is 0 Å². The van der Waals surface area contributed by atoms with Crippen LogP contribution >= 0.6 is 0 Å². The van der Waals surface area contributed by atoms with Gasteiger partial charge in [-0.25, -0.2) is 4.98 Å². The highest BCUT2D eigenvalue weighted by Crippen LogP contribution is 2.49. The molecule has 0 bridgehead atoms. The lowest BCUT2D eigenvalue weighted by atomic mass is 9.95. The fraction of sp³-hybridized carbons (Fsp3) is 0. The molecule has 0 unspecified atom stereocenters. The smallest absolute Gasteiger partial charge is 0.238 e. The predicted octanol–water partition coefficient (Wildman–Crippen LogP) is 31.2. The molecule has 0 saturated heterocycles. The van der Waals surface area contributed by atoms with Crippen LogP contribution in [0.3, 0.4) is 0 Å². The van der Waals surface area contributed by atoms with E-state index in [-0.39, 0.29) is 0 Å². The largest absolute Gasteiger partial charge is 0.309 e. The zero-order chi connectivity index (χ0) is 89.7. The van der Waals surface area contributed by atoms with Crippen LogP contribution in [-0.4, -0.2) is 57.3 Å². The van der Waals surface area contributed by atoms with Gasteiger partial charge in [0, 0.05) is 123 Å². The first-order chi connectivity index (χ1) is 67.6.